The number of hydrogen-bond acceptors (Lipinski definition) is 3. The van der Waals surface area contributed by atoms with E-state index in [-0.39, 0.29) is 0 Å². The third kappa shape index (κ3) is 2.76. The Labute approximate surface area is 128 Å². The molecular formula is C18H27N3. The molecule has 0 spiro atoms. The minimum Gasteiger partial charge on any atom is -0.380 e. The minimum atomic E-state index is 0.676. The van der Waals surface area contributed by atoms with Gasteiger partial charge in [0.05, 0.1) is 11.4 Å². The molecule has 21 heavy (non-hydrogen) atoms. The van der Waals surface area contributed by atoms with E-state index in [4.69, 9.17) is 0 Å². The van der Waals surface area contributed by atoms with E-state index in [2.05, 4.69) is 39.4 Å². The van der Waals surface area contributed by atoms with Gasteiger partial charge in [0.25, 0.3) is 0 Å². The number of fused-ring (bicyclic) bond motifs is 2. The summed E-state index contributed by atoms with van der Waals surface area (Å²) in [5.41, 5.74) is 2.79. The van der Waals surface area contributed by atoms with E-state index in [1.807, 2.05) is 0 Å². The molecule has 1 aromatic carbocycles. The SMILES string of the molecule is c1ccc(N2CCCCC2)c(NC2CCN3CCC2C3)c1. The number of rotatable bonds is 3. The third-order valence-electron chi connectivity index (χ3n) is 5.58. The van der Waals surface area contributed by atoms with Crippen LogP contribution in [0.15, 0.2) is 24.3 Å². The molecule has 0 amide bonds. The molecule has 1 N–H and O–H groups in total. The smallest absolute Gasteiger partial charge is 0.0602 e. The van der Waals surface area contributed by atoms with Crippen molar-refractivity contribution in [2.24, 2.45) is 5.92 Å². The standard InChI is InChI=1S/C18H27N3/c1-4-10-21(11-5-1)18-7-3-2-6-17(18)19-16-9-13-20-12-8-15(16)14-20/h2-3,6-7,15-16,19H,1,4-5,8-14H2. The number of piperidine rings is 2. The molecule has 3 heterocycles. The first-order valence-electron chi connectivity index (χ1n) is 8.73. The van der Waals surface area contributed by atoms with Crippen LogP contribution in [0.1, 0.15) is 32.1 Å². The summed E-state index contributed by atoms with van der Waals surface area (Å²) in [7, 11) is 0. The molecule has 3 saturated heterocycles. The zero-order valence-corrected chi connectivity index (χ0v) is 12.9. The average Bonchev–Trinajstić information content (AvgIpc) is 2.94. The van der Waals surface area contributed by atoms with Crippen LogP contribution >= 0.6 is 0 Å². The van der Waals surface area contributed by atoms with Crippen LogP contribution in [0.2, 0.25) is 0 Å². The Morgan fingerprint density at radius 1 is 0.905 bits per heavy atom. The first kappa shape index (κ1) is 13.4. The molecular weight excluding hydrogens is 258 g/mol. The second kappa shape index (κ2) is 5.88. The Hall–Kier alpha value is -1.22. The van der Waals surface area contributed by atoms with Crippen LogP contribution in [-0.4, -0.2) is 43.7 Å². The number of nitrogens with one attached hydrogen (secondary N) is 1. The molecule has 0 saturated carbocycles. The molecule has 0 aliphatic carbocycles. The summed E-state index contributed by atoms with van der Waals surface area (Å²) in [6, 6.07) is 9.63. The summed E-state index contributed by atoms with van der Waals surface area (Å²) >= 11 is 0. The summed E-state index contributed by atoms with van der Waals surface area (Å²) in [6.07, 6.45) is 6.76. The molecule has 3 heteroatoms. The van der Waals surface area contributed by atoms with Gasteiger partial charge >= 0.3 is 0 Å². The number of anilines is 2. The molecule has 3 aliphatic rings. The molecule has 0 radical (unpaired) electrons. The van der Waals surface area contributed by atoms with Gasteiger partial charge < -0.3 is 15.1 Å². The van der Waals surface area contributed by atoms with Gasteiger partial charge in [-0.3, -0.25) is 0 Å². The van der Waals surface area contributed by atoms with Crippen molar-refractivity contribution < 1.29 is 0 Å². The van der Waals surface area contributed by atoms with Crippen molar-refractivity contribution in [1.29, 1.82) is 0 Å². The molecule has 3 fully saturated rings. The van der Waals surface area contributed by atoms with Crippen LogP contribution in [0, 0.1) is 5.92 Å². The fourth-order valence-electron chi connectivity index (χ4n) is 4.35. The molecule has 3 aliphatic heterocycles. The maximum atomic E-state index is 3.91. The molecule has 114 valence electrons. The highest BCUT2D eigenvalue weighted by Gasteiger charge is 2.34. The van der Waals surface area contributed by atoms with Crippen LogP contribution in [0.4, 0.5) is 11.4 Å². The maximum Gasteiger partial charge on any atom is 0.0602 e. The van der Waals surface area contributed by atoms with Crippen molar-refractivity contribution in [3.05, 3.63) is 24.3 Å². The summed E-state index contributed by atoms with van der Waals surface area (Å²) in [4.78, 5) is 5.20. The second-order valence-electron chi connectivity index (χ2n) is 6.95. The lowest BCUT2D eigenvalue weighted by Crippen LogP contribution is -2.40. The van der Waals surface area contributed by atoms with Gasteiger partial charge in [-0.15, -0.1) is 0 Å². The largest absolute Gasteiger partial charge is 0.380 e. The predicted octanol–water partition coefficient (Wildman–Crippen LogP) is 3.18. The van der Waals surface area contributed by atoms with Gasteiger partial charge in [-0.2, -0.15) is 0 Å². The number of benzene rings is 1. The van der Waals surface area contributed by atoms with Crippen molar-refractivity contribution in [2.45, 2.75) is 38.1 Å². The van der Waals surface area contributed by atoms with Gasteiger partial charge in [0.1, 0.15) is 0 Å². The predicted molar refractivity (Wildman–Crippen MR) is 89.1 cm³/mol. The van der Waals surface area contributed by atoms with E-state index in [0.717, 1.165) is 5.92 Å². The summed E-state index contributed by atoms with van der Waals surface area (Å²) in [5.74, 6) is 0.855. The first-order valence-corrected chi connectivity index (χ1v) is 8.73. The van der Waals surface area contributed by atoms with Crippen LogP contribution in [0.5, 0.6) is 0 Å². The first-order chi connectivity index (χ1) is 10.4. The Kier molecular flexibility index (Phi) is 3.76. The van der Waals surface area contributed by atoms with Crippen LogP contribution in [-0.2, 0) is 0 Å². The van der Waals surface area contributed by atoms with E-state index in [1.54, 1.807) is 0 Å². The quantitative estimate of drug-likeness (QED) is 0.920. The van der Waals surface area contributed by atoms with Crippen molar-refractivity contribution in [2.75, 3.05) is 42.9 Å². The van der Waals surface area contributed by atoms with Gasteiger partial charge in [0.15, 0.2) is 0 Å². The normalized spacial score (nSPS) is 32.2. The van der Waals surface area contributed by atoms with Gasteiger partial charge in [-0.25, -0.2) is 0 Å². The lowest BCUT2D eigenvalue weighted by Gasteiger charge is -2.35. The van der Waals surface area contributed by atoms with E-state index in [9.17, 15) is 0 Å². The maximum absolute atomic E-state index is 3.91. The fraction of sp³-hybridized carbons (Fsp3) is 0.667. The highest BCUT2D eigenvalue weighted by atomic mass is 15.2. The number of nitrogens with zero attached hydrogens (tertiary/aromatic N) is 2. The summed E-state index contributed by atoms with van der Waals surface area (Å²) < 4.78 is 0. The molecule has 4 rings (SSSR count). The van der Waals surface area contributed by atoms with E-state index in [1.165, 1.54) is 76.2 Å². The third-order valence-corrected chi connectivity index (χ3v) is 5.58. The van der Waals surface area contributed by atoms with Crippen LogP contribution < -0.4 is 10.2 Å². The molecule has 2 bridgehead atoms. The fourth-order valence-corrected chi connectivity index (χ4v) is 4.35. The van der Waals surface area contributed by atoms with Gasteiger partial charge in [0, 0.05) is 32.2 Å². The van der Waals surface area contributed by atoms with Gasteiger partial charge in [0.2, 0.25) is 0 Å². The van der Waals surface area contributed by atoms with Crippen molar-refractivity contribution in [3.63, 3.8) is 0 Å². The highest BCUT2D eigenvalue weighted by molar-refractivity contribution is 5.70. The van der Waals surface area contributed by atoms with Crippen molar-refractivity contribution in [3.8, 4) is 0 Å². The zero-order chi connectivity index (χ0) is 14.1. The summed E-state index contributed by atoms with van der Waals surface area (Å²) in [6.45, 7) is 6.35. The molecule has 3 atom stereocenters. The van der Waals surface area contributed by atoms with Crippen LogP contribution in [0.25, 0.3) is 0 Å². The van der Waals surface area contributed by atoms with Crippen LogP contribution in [0.3, 0.4) is 0 Å². The lowest BCUT2D eigenvalue weighted by atomic mass is 9.94. The minimum absolute atomic E-state index is 0.676. The van der Waals surface area contributed by atoms with Crippen molar-refractivity contribution in [1.82, 2.24) is 4.90 Å². The number of hydrogen-bond donors (Lipinski definition) is 1. The van der Waals surface area contributed by atoms with E-state index >= 15 is 0 Å². The summed E-state index contributed by atoms with van der Waals surface area (Å²) in [5, 5.41) is 3.91. The van der Waals surface area contributed by atoms with Crippen molar-refractivity contribution >= 4 is 11.4 Å². The second-order valence-corrected chi connectivity index (χ2v) is 6.95. The molecule has 3 unspecified atom stereocenters. The monoisotopic (exact) mass is 285 g/mol. The lowest BCUT2D eigenvalue weighted by molar-refractivity contribution is 0.255. The Balaban J connectivity index is 1.51. The van der Waals surface area contributed by atoms with Gasteiger partial charge in [-0.1, -0.05) is 12.1 Å². The highest BCUT2D eigenvalue weighted by Crippen LogP contribution is 2.33. The molecule has 0 aromatic heterocycles. The molecule has 3 nitrogen and oxygen atoms in total. The Morgan fingerprint density at radius 2 is 1.71 bits per heavy atom. The average molecular weight is 285 g/mol. The van der Waals surface area contributed by atoms with E-state index < -0.39 is 0 Å². The topological polar surface area (TPSA) is 18.5 Å². The van der Waals surface area contributed by atoms with Gasteiger partial charge in [-0.05, 0) is 56.7 Å². The zero-order valence-electron chi connectivity index (χ0n) is 12.9. The number of para-hydroxylation sites is 2. The van der Waals surface area contributed by atoms with E-state index in [0.29, 0.717) is 6.04 Å². The molecule has 1 aromatic rings. The Bertz CT molecular complexity index is 481. The Morgan fingerprint density at radius 3 is 2.62 bits per heavy atom.